The lowest BCUT2D eigenvalue weighted by Crippen LogP contribution is -2.31. The van der Waals surface area contributed by atoms with Crippen LogP contribution in [0.2, 0.25) is 0 Å². The van der Waals surface area contributed by atoms with E-state index in [0.717, 1.165) is 22.8 Å². The van der Waals surface area contributed by atoms with E-state index in [0.29, 0.717) is 5.75 Å². The maximum absolute atomic E-state index is 12.4. The molecule has 0 spiro atoms. The van der Waals surface area contributed by atoms with Crippen molar-refractivity contribution in [2.45, 2.75) is 33.8 Å². The van der Waals surface area contributed by atoms with Gasteiger partial charge in [0.25, 0.3) is 11.6 Å². The summed E-state index contributed by atoms with van der Waals surface area (Å²) in [6, 6.07) is 7.67. The van der Waals surface area contributed by atoms with Crippen LogP contribution < -0.4 is 14.8 Å². The van der Waals surface area contributed by atoms with Crippen LogP contribution in [0, 0.1) is 30.9 Å². The average molecular weight is 416 g/mol. The largest absolute Gasteiger partial charge is 0.495 e. The van der Waals surface area contributed by atoms with Gasteiger partial charge in [-0.05, 0) is 44.9 Å². The molecule has 9 heteroatoms. The number of ether oxygens (including phenoxy) is 3. The van der Waals surface area contributed by atoms with Gasteiger partial charge in [-0.3, -0.25) is 14.9 Å². The van der Waals surface area contributed by atoms with E-state index in [9.17, 15) is 19.7 Å². The SMILES string of the molecule is COc1ccc([N+](=O)[O-])cc1NC(=O)[C@H](C)OC(=O)COc1c(C)cc(C)cc1C. The Kier molecular flexibility index (Phi) is 7.35. The fraction of sp³-hybridized carbons (Fsp3) is 0.333. The fourth-order valence-corrected chi connectivity index (χ4v) is 2.95. The lowest BCUT2D eigenvalue weighted by atomic mass is 10.1. The summed E-state index contributed by atoms with van der Waals surface area (Å²) in [5.41, 5.74) is 2.75. The highest BCUT2D eigenvalue weighted by Crippen LogP contribution is 2.29. The van der Waals surface area contributed by atoms with E-state index in [1.54, 1.807) is 0 Å². The molecule has 0 saturated heterocycles. The molecule has 2 aromatic carbocycles. The molecule has 0 radical (unpaired) electrons. The molecule has 1 amide bonds. The molecule has 0 aliphatic carbocycles. The number of nitro groups is 1. The Balaban J connectivity index is 1.98. The maximum atomic E-state index is 12.4. The Hall–Kier alpha value is -3.62. The second-order valence-electron chi connectivity index (χ2n) is 6.78. The van der Waals surface area contributed by atoms with Crippen molar-refractivity contribution in [2.24, 2.45) is 0 Å². The van der Waals surface area contributed by atoms with E-state index in [4.69, 9.17) is 14.2 Å². The molecule has 0 aromatic heterocycles. The molecule has 0 aliphatic heterocycles. The highest BCUT2D eigenvalue weighted by molar-refractivity contribution is 5.96. The minimum Gasteiger partial charge on any atom is -0.495 e. The molecule has 2 rings (SSSR count). The van der Waals surface area contributed by atoms with Crippen LogP contribution in [0.3, 0.4) is 0 Å². The Morgan fingerprint density at radius 2 is 1.77 bits per heavy atom. The standard InChI is InChI=1S/C21H24N2O7/c1-12-8-13(2)20(14(3)9-12)29-11-19(24)30-15(4)21(25)22-17-10-16(23(26)27)6-7-18(17)28-5/h6-10,15H,11H2,1-5H3,(H,22,25)/t15-/m0/s1. The number of hydrogen-bond donors (Lipinski definition) is 1. The molecule has 0 fully saturated rings. The van der Waals surface area contributed by atoms with E-state index in [2.05, 4.69) is 5.32 Å². The summed E-state index contributed by atoms with van der Waals surface area (Å²) in [5, 5.41) is 13.4. The Morgan fingerprint density at radius 1 is 1.13 bits per heavy atom. The van der Waals surface area contributed by atoms with Crippen molar-refractivity contribution < 1.29 is 28.7 Å². The summed E-state index contributed by atoms with van der Waals surface area (Å²) in [5.74, 6) is -0.551. The second kappa shape index (κ2) is 9.73. The third kappa shape index (κ3) is 5.69. The van der Waals surface area contributed by atoms with Gasteiger partial charge < -0.3 is 19.5 Å². The van der Waals surface area contributed by atoms with E-state index in [1.807, 2.05) is 32.9 Å². The fourth-order valence-electron chi connectivity index (χ4n) is 2.95. The lowest BCUT2D eigenvalue weighted by Gasteiger charge is -2.16. The van der Waals surface area contributed by atoms with Crippen molar-refractivity contribution >= 4 is 23.3 Å². The molecular formula is C21H24N2O7. The number of carbonyl (C=O) groups excluding carboxylic acids is 2. The predicted octanol–water partition coefficient (Wildman–Crippen LogP) is 3.48. The van der Waals surface area contributed by atoms with Gasteiger partial charge in [0, 0.05) is 12.1 Å². The number of nitro benzene ring substituents is 1. The number of carbonyl (C=O) groups is 2. The van der Waals surface area contributed by atoms with Crippen molar-refractivity contribution in [3.8, 4) is 11.5 Å². The number of esters is 1. The van der Waals surface area contributed by atoms with Crippen molar-refractivity contribution in [1.82, 2.24) is 0 Å². The monoisotopic (exact) mass is 416 g/mol. The van der Waals surface area contributed by atoms with Crippen molar-refractivity contribution in [2.75, 3.05) is 19.0 Å². The molecule has 9 nitrogen and oxygen atoms in total. The average Bonchev–Trinajstić information content (AvgIpc) is 2.66. The van der Waals surface area contributed by atoms with Gasteiger partial charge in [0.15, 0.2) is 12.7 Å². The highest BCUT2D eigenvalue weighted by atomic mass is 16.6. The molecule has 0 heterocycles. The third-order valence-electron chi connectivity index (χ3n) is 4.27. The van der Waals surface area contributed by atoms with Crippen LogP contribution in [-0.4, -0.2) is 36.6 Å². The molecule has 0 unspecified atom stereocenters. The van der Waals surface area contributed by atoms with Gasteiger partial charge in [0.05, 0.1) is 17.7 Å². The summed E-state index contributed by atoms with van der Waals surface area (Å²) in [6.45, 7) is 6.75. The van der Waals surface area contributed by atoms with Crippen LogP contribution in [0.15, 0.2) is 30.3 Å². The van der Waals surface area contributed by atoms with Crippen molar-refractivity contribution in [3.63, 3.8) is 0 Å². The van der Waals surface area contributed by atoms with Gasteiger partial charge in [-0.25, -0.2) is 4.79 Å². The van der Waals surface area contributed by atoms with Gasteiger partial charge in [-0.15, -0.1) is 0 Å². The maximum Gasteiger partial charge on any atom is 0.344 e. The molecule has 0 saturated carbocycles. The Bertz CT molecular complexity index is 949. The number of rotatable bonds is 8. The molecule has 2 aromatic rings. The third-order valence-corrected chi connectivity index (χ3v) is 4.27. The van der Waals surface area contributed by atoms with E-state index in [-0.39, 0.29) is 23.7 Å². The molecule has 160 valence electrons. The molecule has 1 atom stereocenters. The quantitative estimate of drug-likeness (QED) is 0.398. The number of hydrogen-bond acceptors (Lipinski definition) is 7. The van der Waals surface area contributed by atoms with Gasteiger partial charge >= 0.3 is 5.97 Å². The van der Waals surface area contributed by atoms with Gasteiger partial charge in [0.1, 0.15) is 11.5 Å². The molecule has 0 bridgehead atoms. The van der Waals surface area contributed by atoms with Gasteiger partial charge in [-0.2, -0.15) is 0 Å². The molecule has 30 heavy (non-hydrogen) atoms. The zero-order chi connectivity index (χ0) is 22.4. The number of amides is 1. The summed E-state index contributed by atoms with van der Waals surface area (Å²) in [7, 11) is 1.37. The minimum atomic E-state index is -1.15. The van der Waals surface area contributed by atoms with Crippen LogP contribution in [-0.2, 0) is 14.3 Å². The summed E-state index contributed by atoms with van der Waals surface area (Å²) >= 11 is 0. The smallest absolute Gasteiger partial charge is 0.344 e. The second-order valence-corrected chi connectivity index (χ2v) is 6.78. The van der Waals surface area contributed by atoms with E-state index >= 15 is 0 Å². The lowest BCUT2D eigenvalue weighted by molar-refractivity contribution is -0.384. The summed E-state index contributed by atoms with van der Waals surface area (Å²) in [4.78, 5) is 34.8. The van der Waals surface area contributed by atoms with Crippen molar-refractivity contribution in [1.29, 1.82) is 0 Å². The molecule has 0 aliphatic rings. The van der Waals surface area contributed by atoms with Gasteiger partial charge in [0.2, 0.25) is 0 Å². The first kappa shape index (κ1) is 22.7. The highest BCUT2D eigenvalue weighted by Gasteiger charge is 2.21. The first-order chi connectivity index (χ1) is 14.1. The number of non-ortho nitro benzene ring substituents is 1. The Labute approximate surface area is 174 Å². The van der Waals surface area contributed by atoms with Crippen LogP contribution >= 0.6 is 0 Å². The number of aryl methyl sites for hydroxylation is 3. The number of anilines is 1. The van der Waals surface area contributed by atoms with E-state index in [1.165, 1.54) is 26.2 Å². The topological polar surface area (TPSA) is 117 Å². The first-order valence-electron chi connectivity index (χ1n) is 9.15. The van der Waals surface area contributed by atoms with Gasteiger partial charge in [-0.1, -0.05) is 17.7 Å². The predicted molar refractivity (Wildman–Crippen MR) is 110 cm³/mol. The molecule has 1 N–H and O–H groups in total. The van der Waals surface area contributed by atoms with E-state index < -0.39 is 22.9 Å². The van der Waals surface area contributed by atoms with Crippen LogP contribution in [0.5, 0.6) is 11.5 Å². The zero-order valence-corrected chi connectivity index (χ0v) is 17.5. The van der Waals surface area contributed by atoms with Crippen LogP contribution in [0.1, 0.15) is 23.6 Å². The molecular weight excluding hydrogens is 392 g/mol. The summed E-state index contributed by atoms with van der Waals surface area (Å²) < 4.78 is 15.8. The number of nitrogens with zero attached hydrogens (tertiary/aromatic N) is 1. The number of methoxy groups -OCH3 is 1. The van der Waals surface area contributed by atoms with Crippen LogP contribution in [0.25, 0.3) is 0 Å². The zero-order valence-electron chi connectivity index (χ0n) is 17.5. The normalized spacial score (nSPS) is 11.4. The van der Waals surface area contributed by atoms with Crippen LogP contribution in [0.4, 0.5) is 11.4 Å². The first-order valence-corrected chi connectivity index (χ1v) is 9.15. The number of nitrogens with one attached hydrogen (secondary N) is 1. The number of benzene rings is 2. The minimum absolute atomic E-state index is 0.0988. The Morgan fingerprint density at radius 3 is 2.33 bits per heavy atom. The van der Waals surface area contributed by atoms with Crippen molar-refractivity contribution in [3.05, 3.63) is 57.1 Å². The summed E-state index contributed by atoms with van der Waals surface area (Å²) in [6.07, 6.45) is -1.15.